The van der Waals surface area contributed by atoms with Gasteiger partial charge in [0.1, 0.15) is 6.10 Å². The van der Waals surface area contributed by atoms with Crippen LogP contribution < -0.4 is 0 Å². The molecule has 1 aliphatic carbocycles. The second kappa shape index (κ2) is 3.50. The zero-order valence-electron chi connectivity index (χ0n) is 7.86. The van der Waals surface area contributed by atoms with Crippen molar-refractivity contribution in [3.63, 3.8) is 0 Å². The summed E-state index contributed by atoms with van der Waals surface area (Å²) in [6.07, 6.45) is 6.01. The molecule has 1 atom stereocenters. The maximum atomic E-state index is 9.25. The molecule has 0 saturated heterocycles. The third kappa shape index (κ3) is 1.75. The molecule has 0 bridgehead atoms. The fraction of sp³-hybridized carbons (Fsp3) is 0.700. The SMILES string of the molecule is CC(O)c1cnc(C2CCCC2)o1. The molecular formula is C10H15NO2. The van der Waals surface area contributed by atoms with E-state index in [0.29, 0.717) is 11.7 Å². The highest BCUT2D eigenvalue weighted by Crippen LogP contribution is 2.34. The Morgan fingerprint density at radius 1 is 1.54 bits per heavy atom. The van der Waals surface area contributed by atoms with Gasteiger partial charge < -0.3 is 9.52 Å². The number of nitrogens with zero attached hydrogens (tertiary/aromatic N) is 1. The summed E-state index contributed by atoms with van der Waals surface area (Å²) in [6, 6.07) is 0. The van der Waals surface area contributed by atoms with Crippen LogP contribution in [0.15, 0.2) is 10.6 Å². The van der Waals surface area contributed by atoms with E-state index in [-0.39, 0.29) is 0 Å². The number of aliphatic hydroxyl groups excluding tert-OH is 1. The standard InChI is InChI=1S/C10H15NO2/c1-7(12)9-6-11-10(13-9)8-4-2-3-5-8/h6-8,12H,2-5H2,1H3. The summed E-state index contributed by atoms with van der Waals surface area (Å²) in [4.78, 5) is 4.19. The first-order valence-corrected chi connectivity index (χ1v) is 4.91. The molecule has 0 aromatic carbocycles. The monoisotopic (exact) mass is 181 g/mol. The fourth-order valence-corrected chi connectivity index (χ4v) is 1.86. The van der Waals surface area contributed by atoms with Crippen molar-refractivity contribution in [3.8, 4) is 0 Å². The minimum Gasteiger partial charge on any atom is -0.443 e. The Labute approximate surface area is 77.8 Å². The van der Waals surface area contributed by atoms with Gasteiger partial charge in [0.25, 0.3) is 0 Å². The molecule has 2 rings (SSSR count). The van der Waals surface area contributed by atoms with Crippen LogP contribution in [0, 0.1) is 0 Å². The van der Waals surface area contributed by atoms with Crippen LogP contribution in [-0.4, -0.2) is 10.1 Å². The maximum absolute atomic E-state index is 9.25. The molecule has 1 aromatic heterocycles. The van der Waals surface area contributed by atoms with Gasteiger partial charge in [0.05, 0.1) is 6.20 Å². The molecule has 1 saturated carbocycles. The second-order valence-electron chi connectivity index (χ2n) is 3.76. The van der Waals surface area contributed by atoms with Crippen LogP contribution in [0.25, 0.3) is 0 Å². The van der Waals surface area contributed by atoms with E-state index in [9.17, 15) is 5.11 Å². The molecule has 1 heterocycles. The van der Waals surface area contributed by atoms with Crippen LogP contribution in [0.4, 0.5) is 0 Å². The van der Waals surface area contributed by atoms with E-state index in [2.05, 4.69) is 4.98 Å². The average molecular weight is 181 g/mol. The Morgan fingerprint density at radius 2 is 2.23 bits per heavy atom. The molecular weight excluding hydrogens is 166 g/mol. The first-order chi connectivity index (χ1) is 6.27. The second-order valence-corrected chi connectivity index (χ2v) is 3.76. The predicted octanol–water partition coefficient (Wildman–Crippen LogP) is 2.39. The Balaban J connectivity index is 2.12. The van der Waals surface area contributed by atoms with Crippen LogP contribution in [-0.2, 0) is 0 Å². The lowest BCUT2D eigenvalue weighted by Crippen LogP contribution is -1.91. The first kappa shape index (κ1) is 8.75. The van der Waals surface area contributed by atoms with E-state index in [1.165, 1.54) is 25.7 Å². The van der Waals surface area contributed by atoms with E-state index < -0.39 is 6.10 Å². The van der Waals surface area contributed by atoms with Gasteiger partial charge in [-0.05, 0) is 19.8 Å². The number of aliphatic hydroxyl groups is 1. The number of aromatic nitrogens is 1. The van der Waals surface area contributed by atoms with E-state index >= 15 is 0 Å². The van der Waals surface area contributed by atoms with E-state index in [1.54, 1.807) is 13.1 Å². The van der Waals surface area contributed by atoms with Crippen molar-refractivity contribution in [3.05, 3.63) is 17.8 Å². The fourth-order valence-electron chi connectivity index (χ4n) is 1.86. The smallest absolute Gasteiger partial charge is 0.197 e. The molecule has 0 radical (unpaired) electrons. The Bertz CT molecular complexity index is 274. The third-order valence-corrected chi connectivity index (χ3v) is 2.66. The summed E-state index contributed by atoms with van der Waals surface area (Å²) in [5.41, 5.74) is 0. The highest BCUT2D eigenvalue weighted by atomic mass is 16.4. The lowest BCUT2D eigenvalue weighted by molar-refractivity contribution is 0.166. The van der Waals surface area contributed by atoms with Gasteiger partial charge in [0.15, 0.2) is 11.7 Å². The van der Waals surface area contributed by atoms with Gasteiger partial charge in [-0.3, -0.25) is 0 Å². The van der Waals surface area contributed by atoms with Crippen molar-refractivity contribution in [2.75, 3.05) is 0 Å². The normalized spacial score (nSPS) is 20.8. The largest absolute Gasteiger partial charge is 0.443 e. The van der Waals surface area contributed by atoms with Gasteiger partial charge in [-0.25, -0.2) is 4.98 Å². The van der Waals surface area contributed by atoms with Crippen LogP contribution in [0.3, 0.4) is 0 Å². The molecule has 1 fully saturated rings. The van der Waals surface area contributed by atoms with Gasteiger partial charge in [-0.15, -0.1) is 0 Å². The van der Waals surface area contributed by atoms with Crippen molar-refractivity contribution >= 4 is 0 Å². The van der Waals surface area contributed by atoms with Crippen LogP contribution in [0.1, 0.15) is 56.3 Å². The molecule has 1 aliphatic rings. The maximum Gasteiger partial charge on any atom is 0.197 e. The summed E-state index contributed by atoms with van der Waals surface area (Å²) in [5, 5.41) is 9.25. The molecule has 3 heteroatoms. The lowest BCUT2D eigenvalue weighted by Gasteiger charge is -2.02. The number of hydrogen-bond acceptors (Lipinski definition) is 3. The Morgan fingerprint density at radius 3 is 2.77 bits per heavy atom. The average Bonchev–Trinajstić information content (AvgIpc) is 2.75. The molecule has 3 nitrogen and oxygen atoms in total. The Kier molecular flexibility index (Phi) is 2.36. The number of oxazole rings is 1. The molecule has 72 valence electrons. The number of rotatable bonds is 2. The van der Waals surface area contributed by atoms with E-state index in [0.717, 1.165) is 5.89 Å². The van der Waals surface area contributed by atoms with Gasteiger partial charge in [0, 0.05) is 5.92 Å². The first-order valence-electron chi connectivity index (χ1n) is 4.91. The number of hydrogen-bond donors (Lipinski definition) is 1. The highest BCUT2D eigenvalue weighted by Gasteiger charge is 2.22. The van der Waals surface area contributed by atoms with Crippen LogP contribution >= 0.6 is 0 Å². The van der Waals surface area contributed by atoms with Crippen molar-refractivity contribution < 1.29 is 9.52 Å². The van der Waals surface area contributed by atoms with Crippen molar-refractivity contribution in [2.24, 2.45) is 0 Å². The van der Waals surface area contributed by atoms with Gasteiger partial charge in [-0.1, -0.05) is 12.8 Å². The molecule has 0 amide bonds. The van der Waals surface area contributed by atoms with Crippen molar-refractivity contribution in [1.82, 2.24) is 4.98 Å². The van der Waals surface area contributed by atoms with Crippen molar-refractivity contribution in [2.45, 2.75) is 44.6 Å². The zero-order chi connectivity index (χ0) is 9.26. The minimum absolute atomic E-state index is 0.493. The summed E-state index contributed by atoms with van der Waals surface area (Å²) in [7, 11) is 0. The molecule has 13 heavy (non-hydrogen) atoms. The van der Waals surface area contributed by atoms with Gasteiger partial charge in [-0.2, -0.15) is 0 Å². The topological polar surface area (TPSA) is 46.3 Å². The summed E-state index contributed by atoms with van der Waals surface area (Å²) >= 11 is 0. The van der Waals surface area contributed by atoms with Gasteiger partial charge >= 0.3 is 0 Å². The van der Waals surface area contributed by atoms with Gasteiger partial charge in [0.2, 0.25) is 0 Å². The van der Waals surface area contributed by atoms with Crippen LogP contribution in [0.2, 0.25) is 0 Å². The molecule has 1 unspecified atom stereocenters. The summed E-state index contributed by atoms with van der Waals surface area (Å²) in [6.45, 7) is 1.69. The molecule has 1 aromatic rings. The van der Waals surface area contributed by atoms with E-state index in [1.807, 2.05) is 0 Å². The van der Waals surface area contributed by atoms with Crippen LogP contribution in [0.5, 0.6) is 0 Å². The predicted molar refractivity (Wildman–Crippen MR) is 48.3 cm³/mol. The zero-order valence-corrected chi connectivity index (χ0v) is 7.86. The molecule has 0 spiro atoms. The minimum atomic E-state index is -0.539. The van der Waals surface area contributed by atoms with E-state index in [4.69, 9.17) is 4.42 Å². The highest BCUT2D eigenvalue weighted by molar-refractivity contribution is 5.02. The lowest BCUT2D eigenvalue weighted by atomic mass is 10.1. The molecule has 0 aliphatic heterocycles. The Hall–Kier alpha value is -0.830. The third-order valence-electron chi connectivity index (χ3n) is 2.66. The molecule has 1 N–H and O–H groups in total. The summed E-state index contributed by atoms with van der Waals surface area (Å²) < 4.78 is 5.47. The summed E-state index contributed by atoms with van der Waals surface area (Å²) in [5.74, 6) is 1.89. The van der Waals surface area contributed by atoms with Crippen molar-refractivity contribution in [1.29, 1.82) is 0 Å². The quantitative estimate of drug-likeness (QED) is 0.762.